The molecule has 0 unspecified atom stereocenters. The minimum atomic E-state index is -0.207. The van der Waals surface area contributed by atoms with E-state index >= 15 is 0 Å². The van der Waals surface area contributed by atoms with E-state index in [4.69, 9.17) is 14.3 Å². The highest BCUT2D eigenvalue weighted by Gasteiger charge is 2.17. The van der Waals surface area contributed by atoms with Crippen LogP contribution in [0.1, 0.15) is 19.3 Å². The van der Waals surface area contributed by atoms with Crippen LogP contribution in [0.3, 0.4) is 0 Å². The van der Waals surface area contributed by atoms with Crippen molar-refractivity contribution in [1.82, 2.24) is 15.0 Å². The molecule has 0 atom stereocenters. The number of benzene rings is 4. The molecule has 4 aromatic heterocycles. The molecule has 4 heterocycles. The minimum absolute atomic E-state index is 0.207. The smallest absolute Gasteiger partial charge is 0.287 e. The molecule has 10 heteroatoms. The van der Waals surface area contributed by atoms with Gasteiger partial charge in [0, 0.05) is 30.2 Å². The number of aldehydes is 1. The monoisotopic (exact) mass is 721 g/mol. The lowest BCUT2D eigenvalue weighted by Crippen LogP contribution is -2.24. The van der Waals surface area contributed by atoms with Crippen molar-refractivity contribution in [2.75, 3.05) is 14.2 Å². The van der Waals surface area contributed by atoms with Gasteiger partial charge in [0.2, 0.25) is 0 Å². The fraction of sp³-hybridized carbons (Fsp3) is 0.0476. The maximum absolute atomic E-state index is 12.3. The molecule has 0 spiro atoms. The topological polar surface area (TPSA) is 90.8 Å². The molecule has 1 amide bonds. The molecule has 0 saturated carbocycles. The van der Waals surface area contributed by atoms with Gasteiger partial charge in [-0.1, -0.05) is 84.9 Å². The first-order valence-electron chi connectivity index (χ1n) is 16.2. The zero-order valence-electron chi connectivity index (χ0n) is 28.1. The van der Waals surface area contributed by atoms with Crippen LogP contribution < -0.4 is 9.47 Å². The highest BCUT2D eigenvalue weighted by Crippen LogP contribution is 2.36. The van der Waals surface area contributed by atoms with E-state index in [9.17, 15) is 9.59 Å². The van der Waals surface area contributed by atoms with E-state index in [1.807, 2.05) is 97.1 Å². The highest BCUT2D eigenvalue weighted by molar-refractivity contribution is 7.21. The largest absolute Gasteiger partial charge is 0.455 e. The number of hydroxylamine groups is 2. The van der Waals surface area contributed by atoms with Gasteiger partial charge in [0.15, 0.2) is 17.8 Å². The SMILES string of the molecule is CON(C)C(=O)c1cc2c(Oc3ccc(-c4ccccc4)cc3)cncc2s1.O=Cc1cc2c(Oc3ccc(-c4ccccc4)cc3)cncc2s1. The Bertz CT molecular complexity index is 2450. The van der Waals surface area contributed by atoms with Crippen molar-refractivity contribution in [2.45, 2.75) is 0 Å². The van der Waals surface area contributed by atoms with Gasteiger partial charge in [-0.15, -0.1) is 22.7 Å². The quantitative estimate of drug-likeness (QED) is 0.108. The average molecular weight is 722 g/mol. The molecule has 0 fully saturated rings. The number of nitrogens with zero attached hydrogens (tertiary/aromatic N) is 3. The average Bonchev–Trinajstić information content (AvgIpc) is 3.85. The van der Waals surface area contributed by atoms with Gasteiger partial charge in [-0.05, 0) is 58.7 Å². The summed E-state index contributed by atoms with van der Waals surface area (Å²) >= 11 is 2.77. The van der Waals surface area contributed by atoms with Crippen LogP contribution in [0, 0.1) is 0 Å². The van der Waals surface area contributed by atoms with Crippen molar-refractivity contribution in [3.05, 3.63) is 156 Å². The summed E-state index contributed by atoms with van der Waals surface area (Å²) in [7, 11) is 3.04. The second-order valence-electron chi connectivity index (χ2n) is 11.4. The molecule has 8 nitrogen and oxygen atoms in total. The van der Waals surface area contributed by atoms with Crippen LogP contribution in [0.2, 0.25) is 0 Å². The van der Waals surface area contributed by atoms with Crippen molar-refractivity contribution < 1.29 is 23.9 Å². The van der Waals surface area contributed by atoms with Gasteiger partial charge in [0.25, 0.3) is 5.91 Å². The van der Waals surface area contributed by atoms with E-state index in [-0.39, 0.29) is 5.91 Å². The Morgan fingerprint density at radius 3 is 1.56 bits per heavy atom. The lowest BCUT2D eigenvalue weighted by Gasteiger charge is -2.11. The highest BCUT2D eigenvalue weighted by atomic mass is 32.1. The van der Waals surface area contributed by atoms with Gasteiger partial charge >= 0.3 is 0 Å². The van der Waals surface area contributed by atoms with Crippen molar-refractivity contribution in [3.63, 3.8) is 0 Å². The number of hydrogen-bond donors (Lipinski definition) is 0. The summed E-state index contributed by atoms with van der Waals surface area (Å²) in [6, 6.07) is 39.9. The summed E-state index contributed by atoms with van der Waals surface area (Å²) in [5.41, 5.74) is 4.58. The number of carbonyl (C=O) groups excluding carboxylic acids is 2. The number of pyridine rings is 2. The summed E-state index contributed by atoms with van der Waals surface area (Å²) in [6.07, 6.45) is 7.67. The fourth-order valence-electron chi connectivity index (χ4n) is 5.40. The Kier molecular flexibility index (Phi) is 10.4. The first kappa shape index (κ1) is 34.3. The zero-order chi connectivity index (χ0) is 35.9. The van der Waals surface area contributed by atoms with Crippen molar-refractivity contribution in [3.8, 4) is 45.3 Å². The molecule has 8 rings (SSSR count). The zero-order valence-corrected chi connectivity index (χ0v) is 29.8. The van der Waals surface area contributed by atoms with E-state index < -0.39 is 0 Å². The maximum atomic E-state index is 12.3. The Hall–Kier alpha value is -6.20. The van der Waals surface area contributed by atoms with E-state index in [1.165, 1.54) is 40.4 Å². The third kappa shape index (κ3) is 7.74. The molecule has 52 heavy (non-hydrogen) atoms. The van der Waals surface area contributed by atoms with E-state index in [1.54, 1.807) is 31.8 Å². The van der Waals surface area contributed by atoms with Crippen LogP contribution in [0.4, 0.5) is 0 Å². The van der Waals surface area contributed by atoms with Crippen molar-refractivity contribution >= 4 is 55.0 Å². The van der Waals surface area contributed by atoms with Crippen molar-refractivity contribution in [2.24, 2.45) is 0 Å². The minimum Gasteiger partial charge on any atom is -0.455 e. The second kappa shape index (κ2) is 15.8. The number of amides is 1. The van der Waals surface area contributed by atoms with Crippen LogP contribution in [0.25, 0.3) is 42.4 Å². The van der Waals surface area contributed by atoms with Crippen LogP contribution in [0.15, 0.2) is 146 Å². The molecule has 0 aliphatic carbocycles. The summed E-state index contributed by atoms with van der Waals surface area (Å²) in [6.45, 7) is 0. The normalized spacial score (nSPS) is 10.7. The lowest BCUT2D eigenvalue weighted by molar-refractivity contribution is -0.0753. The predicted molar refractivity (Wildman–Crippen MR) is 208 cm³/mol. The number of fused-ring (bicyclic) bond motifs is 2. The molecule has 0 aliphatic heterocycles. The van der Waals surface area contributed by atoms with Crippen LogP contribution >= 0.6 is 22.7 Å². The van der Waals surface area contributed by atoms with Crippen LogP contribution in [0.5, 0.6) is 23.0 Å². The van der Waals surface area contributed by atoms with E-state index in [2.05, 4.69) is 34.2 Å². The molecule has 0 radical (unpaired) electrons. The number of hydrogen-bond acceptors (Lipinski definition) is 9. The molecular formula is C42H31N3O5S2. The Morgan fingerprint density at radius 1 is 0.615 bits per heavy atom. The molecular weight excluding hydrogens is 691 g/mol. The molecule has 0 bridgehead atoms. The molecule has 0 N–H and O–H groups in total. The summed E-state index contributed by atoms with van der Waals surface area (Å²) in [4.78, 5) is 38.0. The second-order valence-corrected chi connectivity index (χ2v) is 13.6. The van der Waals surface area contributed by atoms with Gasteiger partial charge in [0.1, 0.15) is 11.5 Å². The number of carbonyl (C=O) groups is 2. The van der Waals surface area contributed by atoms with Gasteiger partial charge in [-0.2, -0.15) is 0 Å². The van der Waals surface area contributed by atoms with E-state index in [0.29, 0.717) is 27.0 Å². The summed E-state index contributed by atoms with van der Waals surface area (Å²) in [5.74, 6) is 2.51. The van der Waals surface area contributed by atoms with Gasteiger partial charge in [-0.25, -0.2) is 5.06 Å². The number of rotatable bonds is 9. The van der Waals surface area contributed by atoms with Gasteiger partial charge in [-0.3, -0.25) is 24.4 Å². The Labute approximate surface area is 308 Å². The number of thiophene rings is 2. The standard InChI is InChI=1S/C22H18N2O3S.C20H13NO2S/c1-24(26-2)22(25)20-12-18-19(13-23-14-21(18)28-20)27-17-10-8-16(9-11-17)15-6-4-3-5-7-15;22-13-17-10-18-19(11-21-12-20(18)24-17)23-16-8-6-15(7-9-16)14-4-2-1-3-5-14/h3-14H,1-2H3;1-13H. The molecule has 4 aromatic carbocycles. The third-order valence-electron chi connectivity index (χ3n) is 8.10. The summed E-state index contributed by atoms with van der Waals surface area (Å²) < 4.78 is 13.8. The Morgan fingerprint density at radius 2 is 1.08 bits per heavy atom. The predicted octanol–water partition coefficient (Wildman–Crippen LogP) is 11.0. The number of aromatic nitrogens is 2. The molecule has 256 valence electrons. The maximum Gasteiger partial charge on any atom is 0.287 e. The third-order valence-corrected chi connectivity index (χ3v) is 10.2. The summed E-state index contributed by atoms with van der Waals surface area (Å²) in [5, 5.41) is 2.95. The van der Waals surface area contributed by atoms with Crippen LogP contribution in [-0.2, 0) is 4.84 Å². The fourth-order valence-corrected chi connectivity index (χ4v) is 7.28. The number of ether oxygens (including phenoxy) is 2. The van der Waals surface area contributed by atoms with Gasteiger partial charge < -0.3 is 9.47 Å². The molecule has 0 aliphatic rings. The first-order valence-corrected chi connectivity index (χ1v) is 17.8. The Balaban J connectivity index is 0.000000164. The van der Waals surface area contributed by atoms with E-state index in [0.717, 1.165) is 48.9 Å². The first-order chi connectivity index (χ1) is 25.5. The van der Waals surface area contributed by atoms with Crippen molar-refractivity contribution in [1.29, 1.82) is 0 Å². The lowest BCUT2D eigenvalue weighted by atomic mass is 10.1. The van der Waals surface area contributed by atoms with Crippen LogP contribution in [-0.4, -0.2) is 41.4 Å². The molecule has 8 aromatic rings. The van der Waals surface area contributed by atoms with Gasteiger partial charge in [0.05, 0.1) is 38.7 Å². The molecule has 0 saturated heterocycles.